The molecule has 1 atom stereocenters. The SMILES string of the molecule is COc1nn(C)cc1C(=O)N1CCCC1c1nc2ccccc2c(=O)n1CC1CC1. The van der Waals surface area contributed by atoms with Crippen molar-refractivity contribution >= 4 is 16.8 Å². The fourth-order valence-electron chi connectivity index (χ4n) is 4.37. The summed E-state index contributed by atoms with van der Waals surface area (Å²) in [6.07, 6.45) is 5.61. The molecular weight excluding hydrogens is 382 g/mol. The summed E-state index contributed by atoms with van der Waals surface area (Å²) in [5.74, 6) is 1.39. The maximum absolute atomic E-state index is 13.4. The number of hydrogen-bond donors (Lipinski definition) is 0. The maximum Gasteiger partial charge on any atom is 0.261 e. The molecule has 8 nitrogen and oxygen atoms in total. The van der Waals surface area contributed by atoms with Gasteiger partial charge in [0.2, 0.25) is 5.88 Å². The smallest absolute Gasteiger partial charge is 0.261 e. The van der Waals surface area contributed by atoms with Gasteiger partial charge >= 0.3 is 0 Å². The molecule has 1 aliphatic heterocycles. The number of para-hydroxylation sites is 1. The quantitative estimate of drug-likeness (QED) is 0.649. The van der Waals surface area contributed by atoms with Crippen LogP contribution in [-0.4, -0.2) is 43.8 Å². The largest absolute Gasteiger partial charge is 0.479 e. The van der Waals surface area contributed by atoms with Crippen LogP contribution in [0.5, 0.6) is 5.88 Å². The molecule has 0 radical (unpaired) electrons. The van der Waals surface area contributed by atoms with E-state index in [9.17, 15) is 9.59 Å². The minimum atomic E-state index is -0.238. The van der Waals surface area contributed by atoms with E-state index >= 15 is 0 Å². The molecule has 1 aromatic carbocycles. The zero-order valence-electron chi connectivity index (χ0n) is 17.2. The molecule has 0 spiro atoms. The Morgan fingerprint density at radius 3 is 2.80 bits per heavy atom. The summed E-state index contributed by atoms with van der Waals surface area (Å²) >= 11 is 0. The number of benzene rings is 1. The monoisotopic (exact) mass is 407 g/mol. The Hall–Kier alpha value is -3.16. The van der Waals surface area contributed by atoms with E-state index in [1.807, 2.05) is 33.7 Å². The van der Waals surface area contributed by atoms with Crippen LogP contribution in [0, 0.1) is 5.92 Å². The molecule has 5 rings (SSSR count). The van der Waals surface area contributed by atoms with Gasteiger partial charge in [-0.3, -0.25) is 18.8 Å². The minimum absolute atomic E-state index is 0.0132. The zero-order valence-corrected chi connectivity index (χ0v) is 17.2. The van der Waals surface area contributed by atoms with Gasteiger partial charge in [0.15, 0.2) is 0 Å². The van der Waals surface area contributed by atoms with E-state index < -0.39 is 0 Å². The van der Waals surface area contributed by atoms with Gasteiger partial charge in [0, 0.05) is 26.3 Å². The number of fused-ring (bicyclic) bond motifs is 1. The second-order valence-electron chi connectivity index (χ2n) is 8.23. The fraction of sp³-hybridized carbons (Fsp3) is 0.455. The Balaban J connectivity index is 1.59. The molecule has 0 bridgehead atoms. The number of carbonyl (C=O) groups excluding carboxylic acids is 1. The van der Waals surface area contributed by atoms with Crippen LogP contribution in [0.15, 0.2) is 35.3 Å². The van der Waals surface area contributed by atoms with Crippen molar-refractivity contribution in [3.63, 3.8) is 0 Å². The van der Waals surface area contributed by atoms with Gasteiger partial charge < -0.3 is 9.64 Å². The Morgan fingerprint density at radius 1 is 1.23 bits per heavy atom. The van der Waals surface area contributed by atoms with Crippen LogP contribution in [0.2, 0.25) is 0 Å². The van der Waals surface area contributed by atoms with E-state index in [1.165, 1.54) is 7.11 Å². The first-order valence-electron chi connectivity index (χ1n) is 10.4. The lowest BCUT2D eigenvalue weighted by Crippen LogP contribution is -2.36. The highest BCUT2D eigenvalue weighted by molar-refractivity contribution is 5.96. The third-order valence-electron chi connectivity index (χ3n) is 6.06. The zero-order chi connectivity index (χ0) is 20.8. The third-order valence-corrected chi connectivity index (χ3v) is 6.06. The van der Waals surface area contributed by atoms with Crippen molar-refractivity contribution in [3.05, 3.63) is 52.2 Å². The molecular formula is C22H25N5O3. The summed E-state index contributed by atoms with van der Waals surface area (Å²) in [7, 11) is 3.28. The standard InChI is InChI=1S/C22H25N5O3/c1-25-13-16(20(24-25)30-2)22(29)26-11-5-8-18(26)19-23-17-7-4-3-6-15(17)21(28)27(19)12-14-9-10-14/h3-4,6-7,13-14,18H,5,8-12H2,1-2H3. The van der Waals surface area contributed by atoms with Crippen LogP contribution in [0.4, 0.5) is 0 Å². The molecule has 2 aromatic heterocycles. The first kappa shape index (κ1) is 18.8. The average molecular weight is 407 g/mol. The molecule has 2 aliphatic rings. The van der Waals surface area contributed by atoms with Gasteiger partial charge in [-0.1, -0.05) is 12.1 Å². The second kappa shape index (κ2) is 7.27. The van der Waals surface area contributed by atoms with Crippen LogP contribution in [0.25, 0.3) is 10.9 Å². The third kappa shape index (κ3) is 3.16. The molecule has 1 saturated carbocycles. The Bertz CT molecular complexity index is 1180. The van der Waals surface area contributed by atoms with Crippen molar-refractivity contribution < 1.29 is 9.53 Å². The number of methoxy groups -OCH3 is 1. The molecule has 1 saturated heterocycles. The summed E-state index contributed by atoms with van der Waals surface area (Å²) in [4.78, 5) is 33.4. The highest BCUT2D eigenvalue weighted by Gasteiger charge is 2.36. The lowest BCUT2D eigenvalue weighted by Gasteiger charge is -2.26. The first-order chi connectivity index (χ1) is 14.6. The van der Waals surface area contributed by atoms with Gasteiger partial charge in [0.1, 0.15) is 11.4 Å². The molecule has 3 aromatic rings. The van der Waals surface area contributed by atoms with Gasteiger partial charge in [0.25, 0.3) is 11.5 Å². The Labute approximate surface area is 174 Å². The molecule has 2 fully saturated rings. The average Bonchev–Trinajstić information content (AvgIpc) is 3.29. The molecule has 1 amide bonds. The fourth-order valence-corrected chi connectivity index (χ4v) is 4.37. The molecule has 1 aliphatic carbocycles. The van der Waals surface area contributed by atoms with Gasteiger partial charge in [-0.05, 0) is 43.7 Å². The number of ether oxygens (including phenoxy) is 1. The Kier molecular flexibility index (Phi) is 4.56. The number of hydrogen-bond acceptors (Lipinski definition) is 5. The number of likely N-dealkylation sites (tertiary alicyclic amines) is 1. The molecule has 30 heavy (non-hydrogen) atoms. The van der Waals surface area contributed by atoms with E-state index in [2.05, 4.69) is 5.10 Å². The van der Waals surface area contributed by atoms with Crippen molar-refractivity contribution in [2.75, 3.05) is 13.7 Å². The number of amides is 1. The molecule has 3 heterocycles. The van der Waals surface area contributed by atoms with Crippen molar-refractivity contribution in [3.8, 4) is 5.88 Å². The van der Waals surface area contributed by atoms with E-state index in [-0.39, 0.29) is 17.5 Å². The van der Waals surface area contributed by atoms with E-state index in [0.29, 0.717) is 47.2 Å². The predicted molar refractivity (Wildman–Crippen MR) is 111 cm³/mol. The van der Waals surface area contributed by atoms with Crippen LogP contribution in [0.3, 0.4) is 0 Å². The highest BCUT2D eigenvalue weighted by atomic mass is 16.5. The number of rotatable bonds is 5. The molecule has 8 heteroatoms. The summed E-state index contributed by atoms with van der Waals surface area (Å²) in [5, 5.41) is 4.85. The summed E-state index contributed by atoms with van der Waals surface area (Å²) < 4.78 is 8.69. The van der Waals surface area contributed by atoms with Crippen LogP contribution in [0.1, 0.15) is 47.9 Å². The van der Waals surface area contributed by atoms with Gasteiger partial charge in [0.05, 0.1) is 24.1 Å². The van der Waals surface area contributed by atoms with Gasteiger partial charge in [-0.15, -0.1) is 5.10 Å². The minimum Gasteiger partial charge on any atom is -0.479 e. The summed E-state index contributed by atoms with van der Waals surface area (Å²) in [6.45, 7) is 1.29. The lowest BCUT2D eigenvalue weighted by molar-refractivity contribution is 0.0723. The number of nitrogens with zero attached hydrogens (tertiary/aromatic N) is 5. The van der Waals surface area contributed by atoms with Crippen LogP contribution < -0.4 is 10.3 Å². The molecule has 0 N–H and O–H groups in total. The van der Waals surface area contributed by atoms with Crippen LogP contribution >= 0.6 is 0 Å². The van der Waals surface area contributed by atoms with Crippen molar-refractivity contribution in [1.82, 2.24) is 24.2 Å². The normalized spacial score (nSPS) is 18.9. The molecule has 156 valence electrons. The predicted octanol–water partition coefficient (Wildman–Crippen LogP) is 2.53. The van der Waals surface area contributed by atoms with E-state index in [4.69, 9.17) is 9.72 Å². The first-order valence-corrected chi connectivity index (χ1v) is 10.4. The molecule has 1 unspecified atom stereocenters. The van der Waals surface area contributed by atoms with Crippen molar-refractivity contribution in [1.29, 1.82) is 0 Å². The summed E-state index contributed by atoms with van der Waals surface area (Å²) in [6, 6.07) is 7.22. The van der Waals surface area contributed by atoms with E-state index in [1.54, 1.807) is 17.9 Å². The lowest BCUT2D eigenvalue weighted by atomic mass is 10.1. The van der Waals surface area contributed by atoms with Crippen LogP contribution in [-0.2, 0) is 13.6 Å². The van der Waals surface area contributed by atoms with Crippen molar-refractivity contribution in [2.24, 2.45) is 13.0 Å². The number of carbonyl (C=O) groups is 1. The topological polar surface area (TPSA) is 82.2 Å². The number of aryl methyl sites for hydroxylation is 1. The highest BCUT2D eigenvalue weighted by Crippen LogP contribution is 2.36. The summed E-state index contributed by atoms with van der Waals surface area (Å²) in [5.41, 5.74) is 1.10. The van der Waals surface area contributed by atoms with Gasteiger partial charge in [-0.25, -0.2) is 4.98 Å². The second-order valence-corrected chi connectivity index (χ2v) is 8.23. The maximum atomic E-state index is 13.4. The Morgan fingerprint density at radius 2 is 2.03 bits per heavy atom. The number of aromatic nitrogens is 4. The van der Waals surface area contributed by atoms with Gasteiger partial charge in [-0.2, -0.15) is 0 Å². The van der Waals surface area contributed by atoms with Crippen molar-refractivity contribution in [2.45, 2.75) is 38.3 Å². The van der Waals surface area contributed by atoms with E-state index in [0.717, 1.165) is 25.7 Å².